The van der Waals surface area contributed by atoms with Gasteiger partial charge in [0.25, 0.3) is 0 Å². The Morgan fingerprint density at radius 3 is 2.54 bits per heavy atom. The number of amides is 1. The zero-order valence-corrected chi connectivity index (χ0v) is 20.1. The van der Waals surface area contributed by atoms with Crippen LogP contribution >= 0.6 is 0 Å². The Balaban J connectivity index is 1.43. The van der Waals surface area contributed by atoms with E-state index in [1.54, 1.807) is 26.8 Å². The van der Waals surface area contributed by atoms with Crippen LogP contribution < -0.4 is 5.32 Å². The van der Waals surface area contributed by atoms with Gasteiger partial charge in [0.05, 0.1) is 6.20 Å². The zero-order chi connectivity index (χ0) is 25.0. The van der Waals surface area contributed by atoms with E-state index in [0.717, 1.165) is 17.3 Å². The quantitative estimate of drug-likeness (QED) is 0.520. The van der Waals surface area contributed by atoms with Gasteiger partial charge in [-0.1, -0.05) is 48.5 Å². The average Bonchev–Trinajstić information content (AvgIpc) is 2.81. The van der Waals surface area contributed by atoms with Crippen LogP contribution in [0.1, 0.15) is 33.6 Å². The molecule has 0 saturated carbocycles. The Hall–Kier alpha value is -3.81. The fourth-order valence-electron chi connectivity index (χ4n) is 4.00. The van der Waals surface area contributed by atoms with Crippen LogP contribution in [0.25, 0.3) is 22.4 Å². The highest BCUT2D eigenvalue weighted by molar-refractivity contribution is 5.83. The summed E-state index contributed by atoms with van der Waals surface area (Å²) in [6.45, 7) is 5.70. The molecule has 1 N–H and O–H groups in total. The van der Waals surface area contributed by atoms with Crippen molar-refractivity contribution >= 4 is 17.8 Å². The molecule has 0 radical (unpaired) electrons. The van der Waals surface area contributed by atoms with Gasteiger partial charge in [-0.3, -0.25) is 9.59 Å². The summed E-state index contributed by atoms with van der Waals surface area (Å²) in [6, 6.07) is 17.2. The predicted octanol–water partition coefficient (Wildman–Crippen LogP) is 4.69. The number of anilines is 1. The van der Waals surface area contributed by atoms with Crippen molar-refractivity contribution in [3.8, 4) is 22.4 Å². The first-order chi connectivity index (χ1) is 16.7. The lowest BCUT2D eigenvalue weighted by atomic mass is 10.0. The SMILES string of the molecule is CC(C)(C)OC(=O)CN1CCC(Nc2ncc(F)c(-c3cccc(-c4ccccc4)c3)n2)CC1=O. The summed E-state index contributed by atoms with van der Waals surface area (Å²) in [4.78, 5) is 34.6. The van der Waals surface area contributed by atoms with Crippen LogP contribution in [0.3, 0.4) is 0 Å². The average molecular weight is 477 g/mol. The van der Waals surface area contributed by atoms with Crippen LogP contribution in [0.4, 0.5) is 10.3 Å². The number of esters is 1. The van der Waals surface area contributed by atoms with E-state index in [2.05, 4.69) is 15.3 Å². The van der Waals surface area contributed by atoms with Crippen molar-refractivity contribution in [2.45, 2.75) is 45.3 Å². The summed E-state index contributed by atoms with van der Waals surface area (Å²) in [6.07, 6.45) is 1.93. The van der Waals surface area contributed by atoms with E-state index >= 15 is 0 Å². The minimum atomic E-state index is -0.599. The van der Waals surface area contributed by atoms with Crippen LogP contribution in [0, 0.1) is 5.82 Å². The van der Waals surface area contributed by atoms with E-state index in [4.69, 9.17) is 4.74 Å². The van der Waals surface area contributed by atoms with Crippen molar-refractivity contribution in [1.82, 2.24) is 14.9 Å². The normalized spacial score (nSPS) is 16.2. The van der Waals surface area contributed by atoms with Crippen LogP contribution in [0.15, 0.2) is 60.8 Å². The molecule has 2 aromatic carbocycles. The predicted molar refractivity (Wildman–Crippen MR) is 132 cm³/mol. The maximum absolute atomic E-state index is 14.7. The van der Waals surface area contributed by atoms with E-state index in [1.807, 2.05) is 48.5 Å². The number of halogens is 1. The highest BCUT2D eigenvalue weighted by Gasteiger charge is 2.29. The van der Waals surface area contributed by atoms with Crippen molar-refractivity contribution in [3.63, 3.8) is 0 Å². The van der Waals surface area contributed by atoms with Gasteiger partial charge in [-0.15, -0.1) is 0 Å². The molecule has 1 aliphatic heterocycles. The van der Waals surface area contributed by atoms with Gasteiger partial charge in [0.1, 0.15) is 17.8 Å². The lowest BCUT2D eigenvalue weighted by Gasteiger charge is -2.32. The number of piperidine rings is 1. The van der Waals surface area contributed by atoms with Gasteiger partial charge < -0.3 is 15.0 Å². The molecule has 0 bridgehead atoms. The summed E-state index contributed by atoms with van der Waals surface area (Å²) < 4.78 is 20.0. The number of ether oxygens (including phenoxy) is 1. The van der Waals surface area contributed by atoms with E-state index in [9.17, 15) is 14.0 Å². The number of nitrogens with one attached hydrogen (secondary N) is 1. The lowest BCUT2D eigenvalue weighted by molar-refractivity contribution is -0.159. The van der Waals surface area contributed by atoms with E-state index in [-0.39, 0.29) is 36.6 Å². The Bertz CT molecular complexity index is 1210. The molecule has 35 heavy (non-hydrogen) atoms. The summed E-state index contributed by atoms with van der Waals surface area (Å²) in [5.74, 6) is -0.854. The van der Waals surface area contributed by atoms with Gasteiger partial charge in [0.2, 0.25) is 11.9 Å². The number of carbonyl (C=O) groups is 2. The number of carbonyl (C=O) groups excluding carboxylic acids is 2. The molecule has 0 spiro atoms. The second kappa shape index (κ2) is 10.2. The molecule has 1 amide bonds. The van der Waals surface area contributed by atoms with Gasteiger partial charge in [-0.25, -0.2) is 14.4 Å². The Morgan fingerprint density at radius 2 is 1.83 bits per heavy atom. The number of rotatable bonds is 6. The second-order valence-corrected chi connectivity index (χ2v) is 9.57. The highest BCUT2D eigenvalue weighted by atomic mass is 19.1. The Labute approximate surface area is 204 Å². The van der Waals surface area contributed by atoms with Crippen molar-refractivity contribution in [1.29, 1.82) is 0 Å². The smallest absolute Gasteiger partial charge is 0.326 e. The molecule has 4 rings (SSSR count). The summed E-state index contributed by atoms with van der Waals surface area (Å²) in [5, 5.41) is 3.15. The first-order valence-corrected chi connectivity index (χ1v) is 11.6. The molecule has 1 atom stereocenters. The molecular formula is C27H29FN4O3. The number of hydrogen-bond donors (Lipinski definition) is 1. The second-order valence-electron chi connectivity index (χ2n) is 9.57. The van der Waals surface area contributed by atoms with Gasteiger partial charge in [0, 0.05) is 24.6 Å². The van der Waals surface area contributed by atoms with Gasteiger partial charge in [-0.05, 0) is 44.4 Å². The van der Waals surface area contributed by atoms with E-state index < -0.39 is 17.4 Å². The first-order valence-electron chi connectivity index (χ1n) is 11.6. The van der Waals surface area contributed by atoms with Gasteiger partial charge in [-0.2, -0.15) is 0 Å². The van der Waals surface area contributed by atoms with Crippen LogP contribution in [-0.2, 0) is 14.3 Å². The topological polar surface area (TPSA) is 84.4 Å². The van der Waals surface area contributed by atoms with Gasteiger partial charge >= 0.3 is 5.97 Å². The molecule has 8 heteroatoms. The van der Waals surface area contributed by atoms with Crippen molar-refractivity contribution in [2.24, 2.45) is 0 Å². The number of hydrogen-bond acceptors (Lipinski definition) is 6. The maximum Gasteiger partial charge on any atom is 0.326 e. The maximum atomic E-state index is 14.7. The molecule has 0 aliphatic carbocycles. The monoisotopic (exact) mass is 476 g/mol. The fraction of sp³-hybridized carbons (Fsp3) is 0.333. The molecule has 1 aliphatic rings. The minimum Gasteiger partial charge on any atom is -0.459 e. The van der Waals surface area contributed by atoms with Crippen LogP contribution in [0.2, 0.25) is 0 Å². The first kappa shape index (κ1) is 24.3. The molecule has 1 fully saturated rings. The Morgan fingerprint density at radius 1 is 1.11 bits per heavy atom. The number of aromatic nitrogens is 2. The third-order valence-electron chi connectivity index (χ3n) is 5.58. The Kier molecular flexibility index (Phi) is 7.10. The van der Waals surface area contributed by atoms with Gasteiger partial charge in [0.15, 0.2) is 5.82 Å². The molecule has 1 aromatic heterocycles. The van der Waals surface area contributed by atoms with Crippen molar-refractivity contribution in [2.75, 3.05) is 18.4 Å². The molecule has 2 heterocycles. The van der Waals surface area contributed by atoms with Crippen molar-refractivity contribution < 1.29 is 18.7 Å². The van der Waals surface area contributed by atoms with E-state index in [0.29, 0.717) is 18.5 Å². The van der Waals surface area contributed by atoms with Crippen molar-refractivity contribution in [3.05, 3.63) is 66.6 Å². The van der Waals surface area contributed by atoms with Crippen LogP contribution in [-0.4, -0.2) is 51.5 Å². The molecular weight excluding hydrogens is 447 g/mol. The number of likely N-dealkylation sites (tertiary alicyclic amines) is 1. The largest absolute Gasteiger partial charge is 0.459 e. The minimum absolute atomic E-state index is 0.0717. The highest BCUT2D eigenvalue weighted by Crippen LogP contribution is 2.27. The standard InChI is InChI=1S/C27H29FN4O3/c1-27(2,3)35-24(34)17-32-13-12-21(15-23(32)33)30-26-29-16-22(28)25(31-26)20-11-7-10-19(14-20)18-8-5-4-6-9-18/h4-11,14,16,21H,12-13,15,17H2,1-3H3,(H,29,30,31). The van der Waals surface area contributed by atoms with Crippen LogP contribution in [0.5, 0.6) is 0 Å². The fourth-order valence-corrected chi connectivity index (χ4v) is 4.00. The number of nitrogens with zero attached hydrogens (tertiary/aromatic N) is 3. The summed E-state index contributed by atoms with van der Waals surface area (Å²) in [5.41, 5.74) is 2.21. The summed E-state index contributed by atoms with van der Waals surface area (Å²) in [7, 11) is 0. The molecule has 1 unspecified atom stereocenters. The lowest BCUT2D eigenvalue weighted by Crippen LogP contribution is -2.46. The molecule has 182 valence electrons. The number of benzene rings is 2. The molecule has 7 nitrogen and oxygen atoms in total. The van der Waals surface area contributed by atoms with E-state index in [1.165, 1.54) is 4.90 Å². The summed E-state index contributed by atoms with van der Waals surface area (Å²) >= 11 is 0. The molecule has 1 saturated heterocycles. The third kappa shape index (κ3) is 6.41. The third-order valence-corrected chi connectivity index (χ3v) is 5.58. The zero-order valence-electron chi connectivity index (χ0n) is 20.1. The molecule has 3 aromatic rings.